The van der Waals surface area contributed by atoms with E-state index < -0.39 is 0 Å². The fraction of sp³-hybridized carbons (Fsp3) is 0.333. The molecule has 0 radical (unpaired) electrons. The third-order valence-corrected chi connectivity index (χ3v) is 7.66. The van der Waals surface area contributed by atoms with E-state index in [1.807, 2.05) is 52.4 Å². The van der Waals surface area contributed by atoms with Gasteiger partial charge in [0, 0.05) is 43.1 Å². The van der Waals surface area contributed by atoms with Crippen LogP contribution in [0, 0.1) is 17.8 Å². The minimum Gasteiger partial charge on any atom is -0.322 e. The van der Waals surface area contributed by atoms with Crippen molar-refractivity contribution in [1.82, 2.24) is 39.2 Å². The first-order chi connectivity index (χ1) is 17.3. The molecular weight excluding hydrogens is 436 g/mol. The summed E-state index contributed by atoms with van der Waals surface area (Å²) >= 11 is 0. The Labute approximate surface area is 203 Å². The van der Waals surface area contributed by atoms with Gasteiger partial charge in [0.1, 0.15) is 11.3 Å². The molecule has 35 heavy (non-hydrogen) atoms. The van der Waals surface area contributed by atoms with E-state index >= 15 is 0 Å². The molecule has 0 spiro atoms. The highest BCUT2D eigenvalue weighted by Gasteiger charge is 2.43. The first-order valence-electron chi connectivity index (χ1n) is 12.4. The number of hydrogen-bond acceptors (Lipinski definition) is 5. The molecule has 2 bridgehead atoms. The van der Waals surface area contributed by atoms with Crippen LogP contribution in [0.2, 0.25) is 0 Å². The van der Waals surface area contributed by atoms with Crippen molar-refractivity contribution < 1.29 is 0 Å². The second kappa shape index (κ2) is 8.46. The van der Waals surface area contributed by atoms with Gasteiger partial charge in [-0.25, -0.2) is 9.67 Å². The highest BCUT2D eigenvalue weighted by molar-refractivity contribution is 5.59. The van der Waals surface area contributed by atoms with Crippen LogP contribution in [-0.4, -0.2) is 40.5 Å². The number of fused-ring (bicyclic) bond motifs is 2. The quantitative estimate of drug-likeness (QED) is 0.376. The van der Waals surface area contributed by atoms with Gasteiger partial charge in [0.25, 0.3) is 0 Å². The molecule has 5 aromatic rings. The van der Waals surface area contributed by atoms with Gasteiger partial charge in [-0.05, 0) is 73.4 Å². The smallest absolute Gasteiger partial charge is 0.137 e. The lowest BCUT2D eigenvalue weighted by molar-refractivity contribution is 0.271. The van der Waals surface area contributed by atoms with E-state index in [1.165, 1.54) is 24.8 Å². The maximum Gasteiger partial charge on any atom is 0.137 e. The molecule has 1 atom stereocenters. The summed E-state index contributed by atoms with van der Waals surface area (Å²) in [4.78, 5) is 9.15. The fourth-order valence-electron chi connectivity index (χ4n) is 5.80. The van der Waals surface area contributed by atoms with Crippen molar-refractivity contribution >= 4 is 5.65 Å². The van der Waals surface area contributed by atoms with E-state index in [0.29, 0.717) is 6.54 Å². The van der Waals surface area contributed by atoms with Crippen molar-refractivity contribution in [1.29, 1.82) is 0 Å². The molecule has 1 unspecified atom stereocenters. The molecule has 8 nitrogen and oxygen atoms in total. The Kier molecular flexibility index (Phi) is 4.98. The number of hydrogen-bond donors (Lipinski definition) is 1. The van der Waals surface area contributed by atoms with Gasteiger partial charge in [0.05, 0.1) is 30.3 Å². The lowest BCUT2D eigenvalue weighted by Gasteiger charge is -2.24. The van der Waals surface area contributed by atoms with Crippen LogP contribution in [-0.2, 0) is 13.1 Å². The van der Waals surface area contributed by atoms with Crippen LogP contribution < -0.4 is 5.32 Å². The first-order valence-corrected chi connectivity index (χ1v) is 12.4. The average Bonchev–Trinajstić information content (AvgIpc) is 3.67. The number of aromatic nitrogens is 7. The van der Waals surface area contributed by atoms with Crippen molar-refractivity contribution in [3.05, 3.63) is 85.0 Å². The number of imidazole rings is 1. The third kappa shape index (κ3) is 4.04. The topological polar surface area (TPSA) is 77.9 Å². The fourth-order valence-corrected chi connectivity index (χ4v) is 5.80. The zero-order valence-corrected chi connectivity index (χ0v) is 19.5. The van der Waals surface area contributed by atoms with Gasteiger partial charge in [-0.1, -0.05) is 11.3 Å². The SMILES string of the molecule is c1ccn(-c2cncc(-c3cn(Cc4cn5cc(CNCC6CC7CC6C7)ccc5n4)nn3)c2)c1. The zero-order chi connectivity index (χ0) is 23.2. The summed E-state index contributed by atoms with van der Waals surface area (Å²) in [7, 11) is 0. The van der Waals surface area contributed by atoms with Crippen LogP contribution in [0.4, 0.5) is 0 Å². The Morgan fingerprint density at radius 3 is 2.77 bits per heavy atom. The van der Waals surface area contributed by atoms with Gasteiger partial charge in [-0.3, -0.25) is 4.98 Å². The van der Waals surface area contributed by atoms with Crippen LogP contribution in [0.5, 0.6) is 0 Å². The molecule has 3 aliphatic rings. The van der Waals surface area contributed by atoms with Crippen LogP contribution >= 0.6 is 0 Å². The average molecular weight is 465 g/mol. The van der Waals surface area contributed by atoms with Crippen LogP contribution in [0.1, 0.15) is 30.5 Å². The van der Waals surface area contributed by atoms with Gasteiger partial charge < -0.3 is 14.3 Å². The van der Waals surface area contributed by atoms with E-state index in [0.717, 1.165) is 59.1 Å². The second-order valence-electron chi connectivity index (χ2n) is 10.1. The highest BCUT2D eigenvalue weighted by atomic mass is 15.4. The Bertz CT molecular complexity index is 1460. The largest absolute Gasteiger partial charge is 0.322 e. The maximum atomic E-state index is 4.78. The molecule has 8 heteroatoms. The molecule has 0 aliphatic heterocycles. The van der Waals surface area contributed by atoms with E-state index in [1.54, 1.807) is 0 Å². The van der Waals surface area contributed by atoms with E-state index in [4.69, 9.17) is 4.98 Å². The molecular formula is C27H28N8. The number of rotatable bonds is 8. The van der Waals surface area contributed by atoms with Gasteiger partial charge in [0.15, 0.2) is 0 Å². The van der Waals surface area contributed by atoms with E-state index in [-0.39, 0.29) is 0 Å². The molecule has 5 heterocycles. The summed E-state index contributed by atoms with van der Waals surface area (Å²) in [5.41, 5.74) is 5.91. The van der Waals surface area contributed by atoms with Crippen LogP contribution in [0.15, 0.2) is 73.7 Å². The van der Waals surface area contributed by atoms with Gasteiger partial charge >= 0.3 is 0 Å². The minimum absolute atomic E-state index is 0.567. The molecule has 8 rings (SSSR count). The summed E-state index contributed by atoms with van der Waals surface area (Å²) in [5.74, 6) is 2.91. The molecule has 3 fully saturated rings. The van der Waals surface area contributed by atoms with E-state index in [2.05, 4.69) is 55.6 Å². The maximum absolute atomic E-state index is 4.78. The highest BCUT2D eigenvalue weighted by Crippen LogP contribution is 2.52. The molecule has 0 aromatic carbocycles. The van der Waals surface area contributed by atoms with Crippen molar-refractivity contribution in [2.24, 2.45) is 17.8 Å². The molecule has 176 valence electrons. The predicted octanol–water partition coefficient (Wildman–Crippen LogP) is 3.96. The summed E-state index contributed by atoms with van der Waals surface area (Å²) in [6.45, 7) is 2.62. The monoisotopic (exact) mass is 464 g/mol. The van der Waals surface area contributed by atoms with Crippen LogP contribution in [0.25, 0.3) is 22.6 Å². The Morgan fingerprint density at radius 1 is 1.00 bits per heavy atom. The summed E-state index contributed by atoms with van der Waals surface area (Å²) < 4.78 is 5.97. The molecule has 5 aromatic heterocycles. The zero-order valence-electron chi connectivity index (χ0n) is 19.5. The van der Waals surface area contributed by atoms with Gasteiger partial charge in [-0.15, -0.1) is 5.10 Å². The number of pyridine rings is 2. The van der Waals surface area contributed by atoms with E-state index in [9.17, 15) is 0 Å². The Morgan fingerprint density at radius 2 is 1.91 bits per heavy atom. The van der Waals surface area contributed by atoms with Crippen molar-refractivity contribution in [2.45, 2.75) is 32.4 Å². The van der Waals surface area contributed by atoms with Gasteiger partial charge in [-0.2, -0.15) is 0 Å². The first kappa shape index (κ1) is 20.6. The van der Waals surface area contributed by atoms with Crippen molar-refractivity contribution in [3.63, 3.8) is 0 Å². The lowest BCUT2D eigenvalue weighted by atomic mass is 9.82. The summed E-state index contributed by atoms with van der Waals surface area (Å²) in [5, 5.41) is 12.4. The molecule has 1 N–H and O–H groups in total. The summed E-state index contributed by atoms with van der Waals surface area (Å²) in [6.07, 6.45) is 18.2. The Balaban J connectivity index is 1.02. The van der Waals surface area contributed by atoms with Gasteiger partial charge in [0.2, 0.25) is 0 Å². The molecule has 0 amide bonds. The number of nitrogens with zero attached hydrogens (tertiary/aromatic N) is 7. The third-order valence-electron chi connectivity index (χ3n) is 7.66. The predicted molar refractivity (Wildman–Crippen MR) is 133 cm³/mol. The molecule has 3 aliphatic carbocycles. The number of nitrogens with one attached hydrogen (secondary N) is 1. The lowest BCUT2D eigenvalue weighted by Crippen LogP contribution is -2.25. The Hall–Kier alpha value is -3.78. The van der Waals surface area contributed by atoms with Crippen molar-refractivity contribution in [2.75, 3.05) is 6.54 Å². The van der Waals surface area contributed by atoms with Crippen molar-refractivity contribution in [3.8, 4) is 16.9 Å². The molecule has 0 saturated heterocycles. The normalized spacial score (nSPS) is 21.0. The summed E-state index contributed by atoms with van der Waals surface area (Å²) in [6, 6.07) is 10.3. The molecule has 3 saturated carbocycles. The minimum atomic E-state index is 0.567. The standard InChI is InChI=1S/C27H28N8/c1-2-6-33(5-1)25-10-23(13-29-14-25)26-18-35(32-31-26)17-24-16-34-15-19(3-4-27(34)30-24)11-28-12-22-9-20-7-21(22)8-20/h1-6,10,13-16,18,20-22,28H,7-9,11-12,17H2. The van der Waals surface area contributed by atoms with Crippen LogP contribution in [0.3, 0.4) is 0 Å². The second-order valence-corrected chi connectivity index (χ2v) is 10.1.